The number of aromatic carboxylic acids is 1. The van der Waals surface area contributed by atoms with Crippen molar-refractivity contribution in [2.45, 2.75) is 38.3 Å². The molecule has 1 aromatic heterocycles. The molecule has 1 amide bonds. The molecule has 142 valence electrons. The van der Waals surface area contributed by atoms with Gasteiger partial charge in [0.1, 0.15) is 0 Å². The van der Waals surface area contributed by atoms with Gasteiger partial charge in [-0.25, -0.2) is 9.48 Å². The second kappa shape index (κ2) is 6.96. The normalized spacial score (nSPS) is 27.0. The first-order valence-electron chi connectivity index (χ1n) is 9.19. The third-order valence-corrected chi connectivity index (χ3v) is 6.17. The average Bonchev–Trinajstić information content (AvgIpc) is 3.05. The van der Waals surface area contributed by atoms with E-state index in [9.17, 15) is 9.59 Å². The number of nitrogens with zero attached hydrogens (tertiary/aromatic N) is 3. The van der Waals surface area contributed by atoms with Crippen LogP contribution in [0.3, 0.4) is 0 Å². The summed E-state index contributed by atoms with van der Waals surface area (Å²) in [5, 5.41) is 20.4. The Morgan fingerprint density at radius 1 is 1.30 bits per heavy atom. The average molecular weight is 389 g/mol. The van der Waals surface area contributed by atoms with Gasteiger partial charge in [0.15, 0.2) is 5.69 Å². The van der Waals surface area contributed by atoms with Crippen LogP contribution in [0.15, 0.2) is 30.5 Å². The highest BCUT2D eigenvalue weighted by Gasteiger charge is 2.59. The van der Waals surface area contributed by atoms with Crippen LogP contribution in [-0.2, 0) is 0 Å². The lowest BCUT2D eigenvalue weighted by atomic mass is 9.99. The lowest BCUT2D eigenvalue weighted by molar-refractivity contribution is 0.0690. The minimum Gasteiger partial charge on any atom is -0.476 e. The SMILES string of the molecule is CCC(NC(=O)c1ccc(Cl)cc1)C1[C@H]2CC(n3cc(C(=O)O)nn3)C[C@@H]12. The molecule has 2 aromatic rings. The van der Waals surface area contributed by atoms with Crippen LogP contribution >= 0.6 is 11.6 Å². The van der Waals surface area contributed by atoms with Crippen molar-refractivity contribution in [2.24, 2.45) is 17.8 Å². The second-order valence-electron chi connectivity index (χ2n) is 7.41. The monoisotopic (exact) mass is 388 g/mol. The van der Waals surface area contributed by atoms with Gasteiger partial charge in [0.25, 0.3) is 5.91 Å². The molecule has 8 heteroatoms. The van der Waals surface area contributed by atoms with Gasteiger partial charge < -0.3 is 10.4 Å². The molecule has 0 aliphatic heterocycles. The molecule has 2 fully saturated rings. The Bertz CT molecular complexity index is 854. The highest BCUT2D eigenvalue weighted by Crippen LogP contribution is 2.62. The minimum atomic E-state index is -1.06. The topological polar surface area (TPSA) is 97.1 Å². The maximum absolute atomic E-state index is 12.5. The van der Waals surface area contributed by atoms with E-state index in [0.29, 0.717) is 28.3 Å². The summed E-state index contributed by atoms with van der Waals surface area (Å²) in [5.41, 5.74) is 0.596. The molecule has 27 heavy (non-hydrogen) atoms. The van der Waals surface area contributed by atoms with E-state index in [0.717, 1.165) is 19.3 Å². The molecule has 2 saturated carbocycles. The van der Waals surface area contributed by atoms with Gasteiger partial charge in [0.2, 0.25) is 0 Å². The van der Waals surface area contributed by atoms with Crippen LogP contribution in [0.5, 0.6) is 0 Å². The first-order valence-corrected chi connectivity index (χ1v) is 9.57. The van der Waals surface area contributed by atoms with E-state index in [2.05, 4.69) is 22.6 Å². The van der Waals surface area contributed by atoms with E-state index in [4.69, 9.17) is 16.7 Å². The van der Waals surface area contributed by atoms with Gasteiger partial charge in [-0.1, -0.05) is 23.7 Å². The van der Waals surface area contributed by atoms with Gasteiger partial charge in [-0.2, -0.15) is 0 Å². The van der Waals surface area contributed by atoms with Crippen LogP contribution < -0.4 is 5.32 Å². The molecule has 1 heterocycles. The number of fused-ring (bicyclic) bond motifs is 1. The smallest absolute Gasteiger partial charge is 0.358 e. The number of hydrogen-bond donors (Lipinski definition) is 2. The number of nitrogens with one attached hydrogen (secondary N) is 1. The summed E-state index contributed by atoms with van der Waals surface area (Å²) >= 11 is 5.88. The fraction of sp³-hybridized carbons (Fsp3) is 0.474. The van der Waals surface area contributed by atoms with E-state index in [-0.39, 0.29) is 23.7 Å². The number of halogens is 1. The number of hydrogen-bond acceptors (Lipinski definition) is 4. The Morgan fingerprint density at radius 2 is 1.96 bits per heavy atom. The van der Waals surface area contributed by atoms with Gasteiger partial charge >= 0.3 is 5.97 Å². The zero-order valence-corrected chi connectivity index (χ0v) is 15.6. The molecule has 2 aliphatic rings. The van der Waals surface area contributed by atoms with E-state index in [1.54, 1.807) is 28.9 Å². The summed E-state index contributed by atoms with van der Waals surface area (Å²) in [5.74, 6) is 0.441. The largest absolute Gasteiger partial charge is 0.476 e. The Morgan fingerprint density at radius 3 is 2.52 bits per heavy atom. The Kier molecular flexibility index (Phi) is 4.63. The predicted octanol–water partition coefficient (Wildman–Crippen LogP) is 3.04. The fourth-order valence-corrected chi connectivity index (χ4v) is 4.68. The van der Waals surface area contributed by atoms with Crippen LogP contribution in [-0.4, -0.2) is 38.0 Å². The Labute approximate surface area is 161 Å². The molecule has 0 saturated heterocycles. The fourth-order valence-electron chi connectivity index (χ4n) is 4.55. The van der Waals surface area contributed by atoms with Gasteiger partial charge in [-0.3, -0.25) is 4.79 Å². The van der Waals surface area contributed by atoms with Crippen LogP contribution in [0.2, 0.25) is 5.02 Å². The van der Waals surface area contributed by atoms with Crippen molar-refractivity contribution in [2.75, 3.05) is 0 Å². The lowest BCUT2D eigenvalue weighted by Gasteiger charge is -2.21. The lowest BCUT2D eigenvalue weighted by Crippen LogP contribution is -2.37. The van der Waals surface area contributed by atoms with E-state index < -0.39 is 5.97 Å². The van der Waals surface area contributed by atoms with Gasteiger partial charge in [0.05, 0.1) is 12.2 Å². The number of benzene rings is 1. The molecule has 2 aliphatic carbocycles. The summed E-state index contributed by atoms with van der Waals surface area (Å²) in [6, 6.07) is 7.25. The summed E-state index contributed by atoms with van der Waals surface area (Å²) in [6.45, 7) is 2.09. The van der Waals surface area contributed by atoms with Crippen molar-refractivity contribution >= 4 is 23.5 Å². The van der Waals surface area contributed by atoms with E-state index in [1.165, 1.54) is 6.20 Å². The number of amides is 1. The van der Waals surface area contributed by atoms with Crippen molar-refractivity contribution in [3.63, 3.8) is 0 Å². The number of rotatable bonds is 6. The highest BCUT2D eigenvalue weighted by atomic mass is 35.5. The van der Waals surface area contributed by atoms with Crippen LogP contribution in [0, 0.1) is 17.8 Å². The molecular weight excluding hydrogens is 368 g/mol. The molecule has 4 rings (SSSR count). The molecule has 0 radical (unpaired) electrons. The zero-order valence-electron chi connectivity index (χ0n) is 14.9. The summed E-state index contributed by atoms with van der Waals surface area (Å²) in [7, 11) is 0. The van der Waals surface area contributed by atoms with Gasteiger partial charge in [0, 0.05) is 16.6 Å². The molecule has 0 spiro atoms. The summed E-state index contributed by atoms with van der Waals surface area (Å²) in [4.78, 5) is 23.5. The molecule has 2 N–H and O–H groups in total. The van der Waals surface area contributed by atoms with E-state index in [1.807, 2.05) is 0 Å². The molecule has 0 bridgehead atoms. The van der Waals surface area contributed by atoms with Gasteiger partial charge in [-0.15, -0.1) is 5.10 Å². The second-order valence-corrected chi connectivity index (χ2v) is 7.85. The number of aromatic nitrogens is 3. The van der Waals surface area contributed by atoms with Crippen molar-refractivity contribution in [3.05, 3.63) is 46.7 Å². The number of carboxylic acid groups (broad SMARTS) is 1. The highest BCUT2D eigenvalue weighted by molar-refractivity contribution is 6.30. The number of carbonyl (C=O) groups is 2. The Balaban J connectivity index is 1.36. The van der Waals surface area contributed by atoms with Crippen molar-refractivity contribution in [3.8, 4) is 0 Å². The van der Waals surface area contributed by atoms with Crippen LogP contribution in [0.4, 0.5) is 0 Å². The zero-order chi connectivity index (χ0) is 19.1. The van der Waals surface area contributed by atoms with Crippen molar-refractivity contribution in [1.29, 1.82) is 0 Å². The number of carboxylic acids is 1. The molecule has 3 unspecified atom stereocenters. The standard InChI is InChI=1S/C19H21ClN4O3/c1-2-15(21-18(25)10-3-5-11(20)6-4-10)17-13-7-12(8-14(13)17)24-9-16(19(26)27)22-23-24/h3-6,9,12-15,17H,2,7-8H2,1H3,(H,21,25)(H,26,27)/t12?,13-,14+,15?,17?. The van der Waals surface area contributed by atoms with Crippen molar-refractivity contribution < 1.29 is 14.7 Å². The van der Waals surface area contributed by atoms with Crippen LogP contribution in [0.1, 0.15) is 53.1 Å². The van der Waals surface area contributed by atoms with Gasteiger partial charge in [-0.05, 0) is 61.3 Å². The van der Waals surface area contributed by atoms with E-state index >= 15 is 0 Å². The third-order valence-electron chi connectivity index (χ3n) is 5.92. The quantitative estimate of drug-likeness (QED) is 0.792. The summed E-state index contributed by atoms with van der Waals surface area (Å²) in [6.07, 6.45) is 4.29. The van der Waals surface area contributed by atoms with Crippen LogP contribution in [0.25, 0.3) is 0 Å². The predicted molar refractivity (Wildman–Crippen MR) is 98.7 cm³/mol. The number of carbonyl (C=O) groups excluding carboxylic acids is 1. The molecule has 5 atom stereocenters. The molecule has 1 aromatic carbocycles. The maximum atomic E-state index is 12.5. The minimum absolute atomic E-state index is 0.0196. The first kappa shape index (κ1) is 18.0. The molecule has 7 nitrogen and oxygen atoms in total. The first-order chi connectivity index (χ1) is 13.0. The Hall–Kier alpha value is -2.41. The summed E-state index contributed by atoms with van der Waals surface area (Å²) < 4.78 is 1.68. The maximum Gasteiger partial charge on any atom is 0.358 e. The third kappa shape index (κ3) is 3.43. The molecular formula is C19H21ClN4O3. The van der Waals surface area contributed by atoms with Crippen molar-refractivity contribution in [1.82, 2.24) is 20.3 Å².